The smallest absolute Gasteiger partial charge is 0.411 e. The molecule has 4 aliphatic rings. The predicted molar refractivity (Wildman–Crippen MR) is 211 cm³/mol. The number of aliphatic hydroxyl groups excluding tert-OH is 1. The molecule has 0 aromatic heterocycles. The number of benzene rings is 1. The topological polar surface area (TPSA) is 241 Å². The third kappa shape index (κ3) is 10.9. The standard InChI is InChI=1S/C24H29N3O8.C17H26N2O5/c1-6-16-12-24(16,14(2)28)25-20(29)19-11-18(13-26(19)22(31)35-23(3,4)5)34-21(30)15-7-9-17(10-8-15)27(32)33;1-6-11-8-17(11,10(2)20)18-14(22)13-7-12(21)9-19(13)15(23)24-16(3,4)5/h6-10,16,18-19H,1,11-13H2,2-5H3,(H,25,29);6,11-13,21H,1,7-9H2,2-5H3,(H,18,22)/t16-,18+,19+,24+;11-,12-,13+,17+/m11/s1. The molecule has 8 atom stereocenters. The maximum absolute atomic E-state index is 13.2. The minimum Gasteiger partial charge on any atom is -0.457 e. The third-order valence-electron chi connectivity index (χ3n) is 10.5. The minimum absolute atomic E-state index is 0.00343. The van der Waals surface area contributed by atoms with Gasteiger partial charge in [-0.15, -0.1) is 13.2 Å². The lowest BCUT2D eigenvalue weighted by Gasteiger charge is -2.28. The van der Waals surface area contributed by atoms with Gasteiger partial charge < -0.3 is 30.0 Å². The molecule has 322 valence electrons. The summed E-state index contributed by atoms with van der Waals surface area (Å²) in [6, 6.07) is 3.02. The largest absolute Gasteiger partial charge is 0.457 e. The summed E-state index contributed by atoms with van der Waals surface area (Å²) >= 11 is 0. The number of Topliss-reactive ketones (excluding diaryl/α,β-unsaturated/α-hetero) is 2. The van der Waals surface area contributed by atoms with Crippen molar-refractivity contribution in [3.05, 3.63) is 65.3 Å². The summed E-state index contributed by atoms with van der Waals surface area (Å²) in [5.41, 5.74) is -3.58. The van der Waals surface area contributed by atoms with E-state index in [1.165, 1.54) is 47.9 Å². The van der Waals surface area contributed by atoms with Crippen LogP contribution in [0.2, 0.25) is 0 Å². The van der Waals surface area contributed by atoms with Crippen molar-refractivity contribution < 1.29 is 57.8 Å². The first-order valence-electron chi connectivity index (χ1n) is 19.3. The van der Waals surface area contributed by atoms with E-state index in [1.54, 1.807) is 53.7 Å². The number of nitrogens with zero attached hydrogens (tertiary/aromatic N) is 3. The van der Waals surface area contributed by atoms with E-state index in [-0.39, 0.29) is 60.6 Å². The first-order valence-corrected chi connectivity index (χ1v) is 19.3. The number of β-amino-alcohol motifs (C(OH)–C–C–N with tert-alkyl or cyclic N) is 1. The molecular formula is C41H55N5O13. The fourth-order valence-corrected chi connectivity index (χ4v) is 7.20. The maximum Gasteiger partial charge on any atom is 0.411 e. The van der Waals surface area contributed by atoms with Gasteiger partial charge in [0.1, 0.15) is 40.5 Å². The Morgan fingerprint density at radius 2 is 1.20 bits per heavy atom. The van der Waals surface area contributed by atoms with Crippen LogP contribution in [0.5, 0.6) is 0 Å². The number of hydrogen-bond acceptors (Lipinski definition) is 13. The molecular weight excluding hydrogens is 770 g/mol. The molecule has 59 heavy (non-hydrogen) atoms. The Labute approximate surface area is 342 Å². The Morgan fingerprint density at radius 3 is 1.58 bits per heavy atom. The van der Waals surface area contributed by atoms with Crippen molar-refractivity contribution in [2.45, 2.75) is 128 Å². The number of hydrogen-bond donors (Lipinski definition) is 3. The van der Waals surface area contributed by atoms with Gasteiger partial charge in [0.2, 0.25) is 11.8 Å². The van der Waals surface area contributed by atoms with Crippen molar-refractivity contribution in [3.63, 3.8) is 0 Å². The predicted octanol–water partition coefficient (Wildman–Crippen LogP) is 3.79. The summed E-state index contributed by atoms with van der Waals surface area (Å²) in [6.07, 6.45) is 1.29. The van der Waals surface area contributed by atoms with E-state index >= 15 is 0 Å². The van der Waals surface area contributed by atoms with Gasteiger partial charge in [0.25, 0.3) is 5.69 Å². The first-order chi connectivity index (χ1) is 27.3. The molecule has 2 aliphatic carbocycles. The summed E-state index contributed by atoms with van der Waals surface area (Å²) < 4.78 is 16.2. The Bertz CT molecular complexity index is 1890. The lowest BCUT2D eigenvalue weighted by Crippen LogP contribution is -2.53. The molecule has 18 nitrogen and oxygen atoms in total. The minimum atomic E-state index is -1.05. The van der Waals surface area contributed by atoms with Gasteiger partial charge >= 0.3 is 18.2 Å². The molecule has 5 rings (SSSR count). The van der Waals surface area contributed by atoms with Gasteiger partial charge in [-0.05, 0) is 80.4 Å². The number of amides is 4. The van der Waals surface area contributed by atoms with Gasteiger partial charge in [-0.25, -0.2) is 14.4 Å². The highest BCUT2D eigenvalue weighted by molar-refractivity contribution is 5.98. The molecule has 2 heterocycles. The van der Waals surface area contributed by atoms with Crippen molar-refractivity contribution in [3.8, 4) is 0 Å². The van der Waals surface area contributed by atoms with Gasteiger partial charge in [-0.2, -0.15) is 0 Å². The van der Waals surface area contributed by atoms with E-state index in [2.05, 4.69) is 23.8 Å². The zero-order valence-electron chi connectivity index (χ0n) is 34.8. The van der Waals surface area contributed by atoms with E-state index in [4.69, 9.17) is 14.2 Å². The van der Waals surface area contributed by atoms with Crippen molar-refractivity contribution >= 4 is 47.2 Å². The van der Waals surface area contributed by atoms with Crippen LogP contribution < -0.4 is 10.6 Å². The van der Waals surface area contributed by atoms with Crippen LogP contribution in [0.15, 0.2) is 49.6 Å². The van der Waals surface area contributed by atoms with Crippen molar-refractivity contribution in [1.29, 1.82) is 0 Å². The molecule has 0 bridgehead atoms. The van der Waals surface area contributed by atoms with Crippen LogP contribution in [-0.4, -0.2) is 121 Å². The number of likely N-dealkylation sites (tertiary alicyclic amines) is 2. The number of aliphatic hydroxyl groups is 1. The van der Waals surface area contributed by atoms with Crippen molar-refractivity contribution in [1.82, 2.24) is 20.4 Å². The molecule has 18 heteroatoms. The molecule has 0 spiro atoms. The summed E-state index contributed by atoms with van der Waals surface area (Å²) in [5.74, 6) is -2.39. The number of carbonyl (C=O) groups excluding carboxylic acids is 7. The normalized spacial score (nSPS) is 28.2. The number of nitrogens with one attached hydrogen (secondary N) is 2. The molecule has 2 saturated carbocycles. The molecule has 1 aromatic rings. The lowest BCUT2D eigenvalue weighted by molar-refractivity contribution is -0.384. The number of non-ortho nitro benzene ring substituents is 1. The van der Waals surface area contributed by atoms with Crippen molar-refractivity contribution in [2.24, 2.45) is 11.8 Å². The van der Waals surface area contributed by atoms with Crippen LogP contribution in [-0.2, 0) is 33.4 Å². The second-order valence-electron chi connectivity index (χ2n) is 17.4. The molecule has 4 amide bonds. The van der Waals surface area contributed by atoms with Crippen LogP contribution in [0.1, 0.15) is 91.4 Å². The number of ketones is 2. The number of esters is 1. The second kappa shape index (κ2) is 17.3. The quantitative estimate of drug-likeness (QED) is 0.0948. The van der Waals surface area contributed by atoms with Gasteiger partial charge in [0.05, 0.1) is 29.7 Å². The first kappa shape index (κ1) is 46.0. The molecule has 0 unspecified atom stereocenters. The summed E-state index contributed by atoms with van der Waals surface area (Å²) in [6.45, 7) is 20.4. The van der Waals surface area contributed by atoms with Gasteiger partial charge in [0, 0.05) is 36.8 Å². The van der Waals surface area contributed by atoms with E-state index in [0.29, 0.717) is 12.8 Å². The Balaban J connectivity index is 0.000000280. The number of nitro benzene ring substituents is 1. The highest BCUT2D eigenvalue weighted by Gasteiger charge is 2.60. The highest BCUT2D eigenvalue weighted by Crippen LogP contribution is 2.46. The summed E-state index contributed by atoms with van der Waals surface area (Å²) in [5, 5.41) is 26.2. The maximum atomic E-state index is 13.2. The van der Waals surface area contributed by atoms with Crippen LogP contribution in [0.25, 0.3) is 0 Å². The van der Waals surface area contributed by atoms with Gasteiger partial charge in [-0.3, -0.25) is 39.1 Å². The molecule has 1 aromatic carbocycles. The van der Waals surface area contributed by atoms with Crippen LogP contribution in [0, 0.1) is 22.0 Å². The molecule has 3 N–H and O–H groups in total. The average Bonchev–Trinajstić information content (AvgIpc) is 3.92. The monoisotopic (exact) mass is 825 g/mol. The zero-order chi connectivity index (χ0) is 44.4. The van der Waals surface area contributed by atoms with E-state index < -0.39 is 81.5 Å². The van der Waals surface area contributed by atoms with Crippen LogP contribution >= 0.6 is 0 Å². The summed E-state index contributed by atoms with van der Waals surface area (Å²) in [4.78, 5) is 100. The van der Waals surface area contributed by atoms with Gasteiger partial charge in [-0.1, -0.05) is 12.2 Å². The SMILES string of the molecule is C=C[C@@H]1C[C@]1(NC(=O)[C@@H]1C[C@@H](O)CN1C(=O)OC(C)(C)C)C(C)=O.C=C[C@@H]1C[C@]1(NC(=O)[C@@H]1C[C@H](OC(=O)c2ccc([N+](=O)[O-])cc2)CN1C(=O)OC(C)(C)C)C(C)=O. The number of rotatable bonds is 11. The van der Waals surface area contributed by atoms with Crippen molar-refractivity contribution in [2.75, 3.05) is 13.1 Å². The fourth-order valence-electron chi connectivity index (χ4n) is 7.20. The number of carbonyl (C=O) groups is 7. The van der Waals surface area contributed by atoms with E-state index in [0.717, 1.165) is 0 Å². The second-order valence-corrected chi connectivity index (χ2v) is 17.4. The third-order valence-corrected chi connectivity index (χ3v) is 10.5. The van der Waals surface area contributed by atoms with E-state index in [9.17, 15) is 48.8 Å². The molecule has 2 aliphatic heterocycles. The lowest BCUT2D eigenvalue weighted by atomic mass is 10.1. The Morgan fingerprint density at radius 1 is 0.780 bits per heavy atom. The Kier molecular flexibility index (Phi) is 13.5. The molecule has 2 saturated heterocycles. The fraction of sp³-hybridized carbons (Fsp3) is 0.585. The van der Waals surface area contributed by atoms with E-state index in [1.807, 2.05) is 0 Å². The number of ether oxygens (including phenoxy) is 3. The molecule has 0 radical (unpaired) electrons. The highest BCUT2D eigenvalue weighted by atomic mass is 16.6. The zero-order valence-corrected chi connectivity index (χ0v) is 34.8. The number of nitro groups is 1. The van der Waals surface area contributed by atoms with Crippen LogP contribution in [0.3, 0.4) is 0 Å². The van der Waals surface area contributed by atoms with Gasteiger partial charge in [0.15, 0.2) is 11.6 Å². The molecule has 4 fully saturated rings. The Hall–Kier alpha value is -5.65. The van der Waals surface area contributed by atoms with Crippen LogP contribution in [0.4, 0.5) is 15.3 Å². The average molecular weight is 826 g/mol. The summed E-state index contributed by atoms with van der Waals surface area (Å²) in [7, 11) is 0.